The number of benzene rings is 3. The zero-order valence-electron chi connectivity index (χ0n) is 20.3. The normalized spacial score (nSPS) is 16.9. The van der Waals surface area contributed by atoms with Crippen LogP contribution in [0.3, 0.4) is 0 Å². The Labute approximate surface area is 218 Å². The molecule has 0 spiro atoms. The highest BCUT2D eigenvalue weighted by molar-refractivity contribution is 7.89. The summed E-state index contributed by atoms with van der Waals surface area (Å²) in [6.07, 6.45) is 2.27. The van der Waals surface area contributed by atoms with E-state index in [4.69, 9.17) is 11.6 Å². The predicted octanol–water partition coefficient (Wildman–Crippen LogP) is 5.28. The van der Waals surface area contributed by atoms with E-state index in [-0.39, 0.29) is 36.0 Å². The highest BCUT2D eigenvalue weighted by Gasteiger charge is 2.32. The standard InChI is InChI=1S/C28H31ClN2O4S/c1-2-27(22-7-4-3-5-8-22)31(36(34,35)26-16-14-24(29)15-17-26)19-21-10-12-23(13-11-21)28(33)30-18-6-9-25(30)20-32/h3-5,7-8,10-17,25,27,32H,2,6,9,18-20H2,1H3/t25?,27-/m0/s1. The molecule has 1 fully saturated rings. The third-order valence-corrected chi connectivity index (χ3v) is 8.85. The van der Waals surface area contributed by atoms with Gasteiger partial charge in [0.25, 0.3) is 5.91 Å². The lowest BCUT2D eigenvalue weighted by molar-refractivity contribution is 0.0677. The fraction of sp³-hybridized carbons (Fsp3) is 0.321. The van der Waals surface area contributed by atoms with E-state index in [2.05, 4.69) is 0 Å². The maximum atomic E-state index is 13.8. The number of carbonyl (C=O) groups is 1. The summed E-state index contributed by atoms with van der Waals surface area (Å²) in [7, 11) is -3.85. The zero-order chi connectivity index (χ0) is 25.7. The Kier molecular flexibility index (Phi) is 8.46. The molecule has 0 radical (unpaired) electrons. The van der Waals surface area contributed by atoms with E-state index in [9.17, 15) is 18.3 Å². The van der Waals surface area contributed by atoms with Gasteiger partial charge in [-0.15, -0.1) is 0 Å². The van der Waals surface area contributed by atoms with Crippen molar-refractivity contribution in [1.29, 1.82) is 0 Å². The van der Waals surface area contributed by atoms with Crippen molar-refractivity contribution < 1.29 is 18.3 Å². The van der Waals surface area contributed by atoms with Gasteiger partial charge in [0.05, 0.1) is 23.6 Å². The fourth-order valence-electron chi connectivity index (χ4n) is 4.78. The van der Waals surface area contributed by atoms with Crippen LogP contribution in [0.1, 0.15) is 53.7 Å². The van der Waals surface area contributed by atoms with Crippen molar-refractivity contribution in [3.8, 4) is 0 Å². The van der Waals surface area contributed by atoms with Gasteiger partial charge in [0.1, 0.15) is 0 Å². The molecule has 0 bridgehead atoms. The number of nitrogens with zero attached hydrogens (tertiary/aromatic N) is 2. The Morgan fingerprint density at radius 3 is 2.33 bits per heavy atom. The molecular formula is C28H31ClN2O4S. The third kappa shape index (κ3) is 5.65. The van der Waals surface area contributed by atoms with Gasteiger partial charge < -0.3 is 10.0 Å². The van der Waals surface area contributed by atoms with Crippen molar-refractivity contribution in [2.45, 2.75) is 49.7 Å². The predicted molar refractivity (Wildman–Crippen MR) is 141 cm³/mol. The van der Waals surface area contributed by atoms with Crippen LogP contribution in [-0.2, 0) is 16.6 Å². The van der Waals surface area contributed by atoms with Crippen LogP contribution in [0.2, 0.25) is 5.02 Å². The van der Waals surface area contributed by atoms with Gasteiger partial charge in [0.15, 0.2) is 0 Å². The van der Waals surface area contributed by atoms with E-state index in [0.29, 0.717) is 23.6 Å². The van der Waals surface area contributed by atoms with Gasteiger partial charge in [-0.2, -0.15) is 4.31 Å². The maximum Gasteiger partial charge on any atom is 0.254 e. The molecule has 6 nitrogen and oxygen atoms in total. The Hall–Kier alpha value is -2.71. The van der Waals surface area contributed by atoms with Crippen LogP contribution in [0.4, 0.5) is 0 Å². The average Bonchev–Trinajstić information content (AvgIpc) is 3.38. The summed E-state index contributed by atoms with van der Waals surface area (Å²) in [5.74, 6) is -0.112. The fourth-order valence-corrected chi connectivity index (χ4v) is 6.58. The molecule has 1 unspecified atom stereocenters. The molecule has 1 amide bonds. The van der Waals surface area contributed by atoms with Crippen LogP contribution < -0.4 is 0 Å². The van der Waals surface area contributed by atoms with Crippen LogP contribution in [0.15, 0.2) is 83.8 Å². The quantitative estimate of drug-likeness (QED) is 0.411. The summed E-state index contributed by atoms with van der Waals surface area (Å²) in [5, 5.41) is 10.0. The second-order valence-electron chi connectivity index (χ2n) is 9.01. The van der Waals surface area contributed by atoms with E-state index < -0.39 is 10.0 Å². The molecule has 1 N–H and O–H groups in total. The van der Waals surface area contributed by atoms with Crippen LogP contribution in [0.5, 0.6) is 0 Å². The number of likely N-dealkylation sites (tertiary alicyclic amines) is 1. The zero-order valence-corrected chi connectivity index (χ0v) is 21.8. The minimum Gasteiger partial charge on any atom is -0.394 e. The minimum atomic E-state index is -3.85. The van der Waals surface area contributed by atoms with Gasteiger partial charge >= 0.3 is 0 Å². The molecule has 0 aromatic heterocycles. The first-order chi connectivity index (χ1) is 17.3. The Morgan fingerprint density at radius 1 is 1.06 bits per heavy atom. The van der Waals surface area contributed by atoms with Crippen molar-refractivity contribution in [3.05, 3.63) is 101 Å². The van der Waals surface area contributed by atoms with Crippen molar-refractivity contribution in [3.63, 3.8) is 0 Å². The van der Waals surface area contributed by atoms with Gasteiger partial charge in [-0.3, -0.25) is 4.79 Å². The van der Waals surface area contributed by atoms with Crippen LogP contribution in [-0.4, -0.2) is 47.8 Å². The van der Waals surface area contributed by atoms with Crippen molar-refractivity contribution >= 4 is 27.5 Å². The number of carbonyl (C=O) groups excluding carboxylic acids is 1. The van der Waals surface area contributed by atoms with E-state index in [1.165, 1.54) is 16.4 Å². The van der Waals surface area contributed by atoms with Gasteiger partial charge in [-0.25, -0.2) is 8.42 Å². The number of aliphatic hydroxyl groups excluding tert-OH is 1. The number of rotatable bonds is 9. The molecule has 1 aliphatic rings. The first kappa shape index (κ1) is 26.4. The molecule has 2 atom stereocenters. The van der Waals surface area contributed by atoms with Crippen molar-refractivity contribution in [1.82, 2.24) is 9.21 Å². The largest absolute Gasteiger partial charge is 0.394 e. The topological polar surface area (TPSA) is 77.9 Å². The first-order valence-electron chi connectivity index (χ1n) is 12.2. The number of amides is 1. The molecule has 1 aliphatic heterocycles. The summed E-state index contributed by atoms with van der Waals surface area (Å²) in [5.41, 5.74) is 2.22. The average molecular weight is 527 g/mol. The van der Waals surface area contributed by atoms with E-state index >= 15 is 0 Å². The lowest BCUT2D eigenvalue weighted by Gasteiger charge is -2.31. The molecule has 0 saturated carbocycles. The second-order valence-corrected chi connectivity index (χ2v) is 11.3. The molecule has 4 rings (SSSR count). The van der Waals surface area contributed by atoms with Crippen LogP contribution in [0, 0.1) is 0 Å². The van der Waals surface area contributed by atoms with Crippen molar-refractivity contribution in [2.24, 2.45) is 0 Å². The van der Waals surface area contributed by atoms with E-state index in [1.54, 1.807) is 41.3 Å². The van der Waals surface area contributed by atoms with Crippen LogP contribution >= 0.6 is 11.6 Å². The van der Waals surface area contributed by atoms with E-state index in [0.717, 1.165) is 24.0 Å². The minimum absolute atomic E-state index is 0.0424. The van der Waals surface area contributed by atoms with Gasteiger partial charge in [-0.1, -0.05) is 61.0 Å². The third-order valence-electron chi connectivity index (χ3n) is 6.73. The molecule has 0 aliphatic carbocycles. The lowest BCUT2D eigenvalue weighted by Crippen LogP contribution is -2.37. The Morgan fingerprint density at radius 2 is 1.72 bits per heavy atom. The SMILES string of the molecule is CC[C@@H](c1ccccc1)N(Cc1ccc(C(=O)N2CCCC2CO)cc1)S(=O)(=O)c1ccc(Cl)cc1. The highest BCUT2D eigenvalue weighted by Crippen LogP contribution is 2.32. The molecule has 1 heterocycles. The van der Waals surface area contributed by atoms with Gasteiger partial charge in [0.2, 0.25) is 10.0 Å². The molecule has 3 aromatic carbocycles. The number of hydrogen-bond acceptors (Lipinski definition) is 4. The second kappa shape index (κ2) is 11.6. The summed E-state index contributed by atoms with van der Waals surface area (Å²) in [4.78, 5) is 14.9. The first-order valence-corrected chi connectivity index (χ1v) is 14.0. The smallest absolute Gasteiger partial charge is 0.254 e. The molecule has 1 saturated heterocycles. The monoisotopic (exact) mass is 526 g/mol. The van der Waals surface area contributed by atoms with E-state index in [1.807, 2.05) is 37.3 Å². The summed E-state index contributed by atoms with van der Waals surface area (Å²) < 4.78 is 29.2. The molecule has 8 heteroatoms. The Bertz CT molecular complexity index is 1270. The van der Waals surface area contributed by atoms with Crippen molar-refractivity contribution in [2.75, 3.05) is 13.2 Å². The maximum absolute atomic E-state index is 13.8. The summed E-state index contributed by atoms with van der Waals surface area (Å²) >= 11 is 6.01. The summed E-state index contributed by atoms with van der Waals surface area (Å²) in [6, 6.07) is 22.4. The highest BCUT2D eigenvalue weighted by atomic mass is 35.5. The van der Waals surface area contributed by atoms with Crippen LogP contribution in [0.25, 0.3) is 0 Å². The number of hydrogen-bond donors (Lipinski definition) is 1. The molecule has 36 heavy (non-hydrogen) atoms. The Balaban J connectivity index is 1.65. The molecule has 190 valence electrons. The number of halogens is 1. The lowest BCUT2D eigenvalue weighted by atomic mass is 10.0. The van der Waals surface area contributed by atoms with Gasteiger partial charge in [0, 0.05) is 23.7 Å². The summed E-state index contributed by atoms with van der Waals surface area (Å²) in [6.45, 7) is 2.71. The molecule has 3 aromatic rings. The molecular weight excluding hydrogens is 496 g/mol. The number of aliphatic hydroxyl groups is 1. The number of sulfonamides is 1. The van der Waals surface area contributed by atoms with Gasteiger partial charge in [-0.05, 0) is 66.8 Å².